The highest BCUT2D eigenvalue weighted by molar-refractivity contribution is 6.30. The molecule has 8 nitrogen and oxygen atoms in total. The van der Waals surface area contributed by atoms with Gasteiger partial charge in [0.05, 0.1) is 44.8 Å². The van der Waals surface area contributed by atoms with E-state index < -0.39 is 65.2 Å². The van der Waals surface area contributed by atoms with Crippen molar-refractivity contribution < 1.29 is 51.1 Å². The van der Waals surface area contributed by atoms with Crippen LogP contribution in [-0.2, 0) is 55.4 Å². The van der Waals surface area contributed by atoms with Crippen LogP contribution in [-0.4, -0.2) is 55.4 Å². The molecule has 1 amide bonds. The maximum atomic E-state index is 17.9. The maximum absolute atomic E-state index is 17.9. The number of fused-ring (bicyclic) bond motifs is 1. The van der Waals surface area contributed by atoms with Gasteiger partial charge in [-0.1, -0.05) is 109 Å². The summed E-state index contributed by atoms with van der Waals surface area (Å²) in [5, 5.41) is 12.3. The monoisotopic (exact) mass is 791 g/mol. The fraction of sp³-hybridized carbons (Fsp3) is 0.279. The molecule has 0 saturated carbocycles. The first-order valence-electron chi connectivity index (χ1n) is 17.8. The smallest absolute Gasteiger partial charge is 0.416 e. The molecule has 56 heavy (non-hydrogen) atoms. The quantitative estimate of drug-likeness (QED) is 0.120. The fourth-order valence-electron chi connectivity index (χ4n) is 7.10. The molecule has 0 unspecified atom stereocenters. The molecule has 1 fully saturated rings. The molecule has 1 N–H and O–H groups in total. The van der Waals surface area contributed by atoms with Crippen molar-refractivity contribution in [1.29, 1.82) is 0 Å². The minimum atomic E-state index is -4.86. The molecule has 0 spiro atoms. The third-order valence-corrected chi connectivity index (χ3v) is 10.1. The van der Waals surface area contributed by atoms with Gasteiger partial charge in [-0.05, 0) is 47.0 Å². The van der Waals surface area contributed by atoms with Crippen LogP contribution in [0, 0.1) is 0 Å². The number of carbonyl (C=O) groups excluding carboxylic acids is 1. The van der Waals surface area contributed by atoms with E-state index in [1.54, 1.807) is 0 Å². The van der Waals surface area contributed by atoms with E-state index in [2.05, 4.69) is 0 Å². The van der Waals surface area contributed by atoms with E-state index >= 15 is 4.39 Å². The molecule has 0 radical (unpaired) electrons. The molecule has 0 aromatic heterocycles. The van der Waals surface area contributed by atoms with Crippen molar-refractivity contribution in [2.75, 3.05) is 18.6 Å². The van der Waals surface area contributed by atoms with Crippen molar-refractivity contribution in [3.05, 3.63) is 166 Å². The van der Waals surface area contributed by atoms with Gasteiger partial charge in [-0.25, -0.2) is 4.39 Å². The van der Waals surface area contributed by atoms with Crippen LogP contribution in [0.4, 0.5) is 23.2 Å². The normalized spacial score (nSPS) is 23.6. The van der Waals surface area contributed by atoms with E-state index in [1.165, 1.54) is 25.3 Å². The lowest BCUT2D eigenvalue weighted by molar-refractivity contribution is -0.260. The van der Waals surface area contributed by atoms with Crippen LogP contribution in [0.25, 0.3) is 0 Å². The molecule has 0 bridgehead atoms. The highest BCUT2D eigenvalue weighted by atomic mass is 35.5. The molecular formula is C43H38ClF4NO7. The number of hydrogen-bond donors (Lipinski definition) is 1. The predicted octanol–water partition coefficient (Wildman–Crippen LogP) is 8.40. The SMILES string of the molecule is COc1ccc(Cl)cc1[C@]1(F)C(=O)N([C@@H]2O[C@H](COCc3ccccc3)[C@H](OCc3ccccc3)[C@@H](OCc3ccccc3)[C@H]2O)c2cc(C(F)(F)F)ccc21. The van der Waals surface area contributed by atoms with Crippen molar-refractivity contribution in [2.24, 2.45) is 0 Å². The van der Waals surface area contributed by atoms with Crippen LogP contribution in [0.1, 0.15) is 33.4 Å². The molecule has 2 aliphatic heterocycles. The summed E-state index contributed by atoms with van der Waals surface area (Å²) in [6.45, 7) is 0.0311. The molecular weight excluding hydrogens is 754 g/mol. The number of carbonyl (C=O) groups is 1. The summed E-state index contributed by atoms with van der Waals surface area (Å²) in [6, 6.07) is 33.9. The van der Waals surface area contributed by atoms with Crippen molar-refractivity contribution in [3.8, 4) is 5.75 Å². The average Bonchev–Trinajstić information content (AvgIpc) is 3.43. The first-order chi connectivity index (χ1) is 27.0. The van der Waals surface area contributed by atoms with Gasteiger partial charge in [-0.15, -0.1) is 0 Å². The number of ether oxygens (including phenoxy) is 5. The molecule has 6 atom stereocenters. The highest BCUT2D eigenvalue weighted by Gasteiger charge is 2.60. The van der Waals surface area contributed by atoms with E-state index in [1.807, 2.05) is 91.0 Å². The number of aliphatic hydroxyl groups excluding tert-OH is 1. The number of methoxy groups -OCH3 is 1. The molecule has 2 aliphatic rings. The third-order valence-electron chi connectivity index (χ3n) is 9.85. The molecule has 7 rings (SSSR count). The Morgan fingerprint density at radius 1 is 0.768 bits per heavy atom. The lowest BCUT2D eigenvalue weighted by Gasteiger charge is -2.47. The summed E-state index contributed by atoms with van der Waals surface area (Å²) in [4.78, 5) is 15.5. The van der Waals surface area contributed by atoms with Gasteiger partial charge in [0, 0.05) is 16.1 Å². The van der Waals surface area contributed by atoms with Crippen LogP contribution < -0.4 is 9.64 Å². The lowest BCUT2D eigenvalue weighted by atomic mass is 9.88. The standard InChI is InChI=1S/C43H38ClF4NO7/c1-52-35-20-18-31(44)22-33(35)42(45)32-19-17-30(43(46,47)48)21-34(32)49(41(42)51)40-37(50)39(55-25-29-15-9-4-10-16-29)38(54-24-28-13-7-3-8-14-28)36(56-40)26-53-23-27-11-5-2-6-12-27/h2-22,36-40,50H,23-26H2,1H3/t36-,37-,38+,39+,40-,42+/m1/s1. The van der Waals surface area contributed by atoms with Gasteiger partial charge in [-0.3, -0.25) is 9.69 Å². The molecule has 5 aromatic rings. The Kier molecular flexibility index (Phi) is 11.8. The van der Waals surface area contributed by atoms with Crippen LogP contribution in [0.15, 0.2) is 127 Å². The van der Waals surface area contributed by atoms with Crippen molar-refractivity contribution in [3.63, 3.8) is 0 Å². The van der Waals surface area contributed by atoms with Gasteiger partial charge >= 0.3 is 6.18 Å². The number of aliphatic hydroxyl groups is 1. The minimum absolute atomic E-state index is 0.0202. The number of benzene rings is 5. The average molecular weight is 792 g/mol. The second-order valence-corrected chi connectivity index (χ2v) is 13.9. The summed E-state index contributed by atoms with van der Waals surface area (Å²) in [6.07, 6.45) is -11.8. The molecule has 0 aliphatic carbocycles. The van der Waals surface area contributed by atoms with Crippen LogP contribution in [0.5, 0.6) is 5.75 Å². The number of halogens is 5. The Labute approximate surface area is 326 Å². The summed E-state index contributed by atoms with van der Waals surface area (Å²) >= 11 is 6.28. The topological polar surface area (TPSA) is 86.7 Å². The zero-order valence-corrected chi connectivity index (χ0v) is 30.8. The first-order valence-corrected chi connectivity index (χ1v) is 18.2. The summed E-state index contributed by atoms with van der Waals surface area (Å²) < 4.78 is 91.5. The summed E-state index contributed by atoms with van der Waals surface area (Å²) in [5.41, 5.74) is -3.09. The number of nitrogens with zero attached hydrogens (tertiary/aromatic N) is 1. The zero-order chi connectivity index (χ0) is 39.5. The summed E-state index contributed by atoms with van der Waals surface area (Å²) in [5.74, 6) is -1.40. The zero-order valence-electron chi connectivity index (χ0n) is 30.1. The van der Waals surface area contributed by atoms with E-state index in [0.29, 0.717) is 12.1 Å². The first kappa shape index (κ1) is 39.4. The van der Waals surface area contributed by atoms with Gasteiger partial charge in [0.1, 0.15) is 30.2 Å². The van der Waals surface area contributed by atoms with Crippen LogP contribution >= 0.6 is 11.6 Å². The van der Waals surface area contributed by atoms with Gasteiger partial charge < -0.3 is 28.8 Å². The lowest BCUT2D eigenvalue weighted by Crippen LogP contribution is -2.65. The molecule has 2 heterocycles. The largest absolute Gasteiger partial charge is 0.496 e. The van der Waals surface area contributed by atoms with Gasteiger partial charge in [0.25, 0.3) is 5.91 Å². The second kappa shape index (κ2) is 16.7. The molecule has 292 valence electrons. The predicted molar refractivity (Wildman–Crippen MR) is 200 cm³/mol. The number of anilines is 1. The number of hydrogen-bond acceptors (Lipinski definition) is 7. The van der Waals surface area contributed by atoms with Crippen LogP contribution in [0.2, 0.25) is 5.02 Å². The Bertz CT molecular complexity index is 2110. The van der Waals surface area contributed by atoms with Crippen LogP contribution in [0.3, 0.4) is 0 Å². The second-order valence-electron chi connectivity index (χ2n) is 13.5. The molecule has 13 heteroatoms. The number of amides is 1. The van der Waals surface area contributed by atoms with E-state index in [9.17, 15) is 23.1 Å². The van der Waals surface area contributed by atoms with Crippen molar-refractivity contribution in [2.45, 2.75) is 62.3 Å². The number of rotatable bonds is 13. The molecule has 5 aromatic carbocycles. The maximum Gasteiger partial charge on any atom is 0.416 e. The van der Waals surface area contributed by atoms with E-state index in [-0.39, 0.29) is 42.8 Å². The highest BCUT2D eigenvalue weighted by Crippen LogP contribution is 2.53. The Hall–Kier alpha value is -4.82. The minimum Gasteiger partial charge on any atom is -0.496 e. The van der Waals surface area contributed by atoms with E-state index in [4.69, 9.17) is 35.3 Å². The fourth-order valence-corrected chi connectivity index (χ4v) is 7.27. The Balaban J connectivity index is 1.32. The van der Waals surface area contributed by atoms with E-state index in [0.717, 1.165) is 27.7 Å². The van der Waals surface area contributed by atoms with Gasteiger partial charge in [-0.2, -0.15) is 13.2 Å². The molecule has 1 saturated heterocycles. The Morgan fingerprint density at radius 2 is 1.34 bits per heavy atom. The van der Waals surface area contributed by atoms with Crippen molar-refractivity contribution >= 4 is 23.2 Å². The van der Waals surface area contributed by atoms with Gasteiger partial charge in [0.15, 0.2) is 6.23 Å². The van der Waals surface area contributed by atoms with Crippen molar-refractivity contribution in [1.82, 2.24) is 0 Å². The van der Waals surface area contributed by atoms with Gasteiger partial charge in [0.2, 0.25) is 5.67 Å². The summed E-state index contributed by atoms with van der Waals surface area (Å²) in [7, 11) is 1.26. The number of alkyl halides is 4. The Morgan fingerprint density at radius 3 is 1.91 bits per heavy atom. The third kappa shape index (κ3) is 8.04.